The van der Waals surface area contributed by atoms with Crippen LogP contribution >= 0.6 is 0 Å². The molecular weight excluding hydrogens is 230 g/mol. The highest BCUT2D eigenvalue weighted by atomic mass is 32.2. The number of aldehydes is 1. The monoisotopic (exact) mass is 243 g/mol. The quantitative estimate of drug-likeness (QED) is 0.609. The van der Waals surface area contributed by atoms with Crippen LogP contribution in [0.2, 0.25) is 0 Å². The molecule has 6 heteroatoms. The minimum absolute atomic E-state index is 0.231. The summed E-state index contributed by atoms with van der Waals surface area (Å²) < 4.78 is 30.1. The number of carbonyl (C=O) groups is 1. The lowest BCUT2D eigenvalue weighted by atomic mass is 10.2. The van der Waals surface area contributed by atoms with E-state index in [-0.39, 0.29) is 6.54 Å². The second-order valence-corrected chi connectivity index (χ2v) is 4.90. The number of benzene rings is 1. The Balaban J connectivity index is 2.90. The summed E-state index contributed by atoms with van der Waals surface area (Å²) in [4.78, 5) is 12.0. The molecule has 0 aromatic heterocycles. The summed E-state index contributed by atoms with van der Waals surface area (Å²) in [6.45, 7) is 0.231. The number of hydrogen-bond acceptors (Lipinski definition) is 4. The van der Waals surface area contributed by atoms with Crippen LogP contribution in [0.1, 0.15) is 5.56 Å². The normalized spacial score (nSPS) is 11.1. The zero-order chi connectivity index (χ0) is 12.2. The van der Waals surface area contributed by atoms with Crippen LogP contribution in [0.4, 0.5) is 5.69 Å². The van der Waals surface area contributed by atoms with E-state index in [2.05, 4.69) is 0 Å². The SMILES string of the molecule is CN(CC=O)c1cccc(CS(=O)(=O)O)c1. The Bertz CT molecular complexity index is 469. The molecule has 1 aromatic carbocycles. The molecule has 5 nitrogen and oxygen atoms in total. The van der Waals surface area contributed by atoms with Crippen molar-refractivity contribution in [3.05, 3.63) is 29.8 Å². The van der Waals surface area contributed by atoms with Crippen LogP contribution in [0.3, 0.4) is 0 Å². The zero-order valence-corrected chi connectivity index (χ0v) is 9.64. The van der Waals surface area contributed by atoms with Gasteiger partial charge in [0.05, 0.1) is 6.54 Å². The summed E-state index contributed by atoms with van der Waals surface area (Å²) in [5.41, 5.74) is 1.21. The van der Waals surface area contributed by atoms with Gasteiger partial charge >= 0.3 is 0 Å². The molecule has 1 rings (SSSR count). The van der Waals surface area contributed by atoms with Gasteiger partial charge in [-0.1, -0.05) is 12.1 Å². The summed E-state index contributed by atoms with van der Waals surface area (Å²) in [6.07, 6.45) is 0.759. The number of hydrogen-bond donors (Lipinski definition) is 1. The van der Waals surface area contributed by atoms with Gasteiger partial charge in [0.2, 0.25) is 0 Å². The molecule has 0 aliphatic carbocycles. The highest BCUT2D eigenvalue weighted by molar-refractivity contribution is 7.85. The molecule has 0 saturated heterocycles. The second kappa shape index (κ2) is 5.09. The van der Waals surface area contributed by atoms with Crippen molar-refractivity contribution >= 4 is 22.1 Å². The average Bonchev–Trinajstić information content (AvgIpc) is 2.16. The lowest BCUT2D eigenvalue weighted by Gasteiger charge is -2.16. The lowest BCUT2D eigenvalue weighted by molar-refractivity contribution is -0.106. The van der Waals surface area contributed by atoms with Crippen molar-refractivity contribution in [3.8, 4) is 0 Å². The molecule has 1 N–H and O–H groups in total. The molecule has 88 valence electrons. The summed E-state index contributed by atoms with van der Waals surface area (Å²) in [6, 6.07) is 6.66. The van der Waals surface area contributed by atoms with Crippen molar-refractivity contribution in [1.29, 1.82) is 0 Å². The highest BCUT2D eigenvalue weighted by Gasteiger charge is 2.08. The zero-order valence-electron chi connectivity index (χ0n) is 8.83. The summed E-state index contributed by atoms with van der Waals surface area (Å²) in [5.74, 6) is -0.421. The highest BCUT2D eigenvalue weighted by Crippen LogP contribution is 2.15. The summed E-state index contributed by atoms with van der Waals surface area (Å²) in [5, 5.41) is 0. The van der Waals surface area contributed by atoms with Crippen molar-refractivity contribution in [2.24, 2.45) is 0 Å². The van der Waals surface area contributed by atoms with Crippen molar-refractivity contribution in [1.82, 2.24) is 0 Å². The minimum Gasteiger partial charge on any atom is -0.368 e. The molecular formula is C10H13NO4S. The lowest BCUT2D eigenvalue weighted by Crippen LogP contribution is -2.19. The van der Waals surface area contributed by atoms with Crippen LogP contribution in [-0.2, 0) is 20.7 Å². The molecule has 0 bridgehead atoms. The minimum atomic E-state index is -4.02. The molecule has 1 aromatic rings. The van der Waals surface area contributed by atoms with Gasteiger partial charge in [0.15, 0.2) is 0 Å². The Morgan fingerprint density at radius 3 is 2.69 bits per heavy atom. The number of likely N-dealkylation sites (N-methyl/N-ethyl adjacent to an activating group) is 1. The van der Waals surface area contributed by atoms with Crippen LogP contribution in [0.5, 0.6) is 0 Å². The third-order valence-electron chi connectivity index (χ3n) is 2.05. The fourth-order valence-electron chi connectivity index (χ4n) is 1.31. The average molecular weight is 243 g/mol. The fraction of sp³-hybridized carbons (Fsp3) is 0.300. The molecule has 0 atom stereocenters. The summed E-state index contributed by atoms with van der Waals surface area (Å²) >= 11 is 0. The van der Waals surface area contributed by atoms with E-state index in [0.717, 1.165) is 12.0 Å². The van der Waals surface area contributed by atoms with Gasteiger partial charge < -0.3 is 9.69 Å². The van der Waals surface area contributed by atoms with Gasteiger partial charge in [-0.05, 0) is 17.7 Å². The van der Waals surface area contributed by atoms with Crippen LogP contribution in [0.25, 0.3) is 0 Å². The maximum absolute atomic E-state index is 10.7. The van der Waals surface area contributed by atoms with Crippen LogP contribution in [-0.4, -0.2) is 32.8 Å². The molecule has 0 radical (unpaired) electrons. The molecule has 0 amide bonds. The molecule has 0 aliphatic rings. The number of anilines is 1. The molecule has 0 fully saturated rings. The largest absolute Gasteiger partial charge is 0.368 e. The van der Waals surface area contributed by atoms with Gasteiger partial charge in [-0.3, -0.25) is 4.55 Å². The predicted octanol–water partition coefficient (Wildman–Crippen LogP) is 0.710. The second-order valence-electron chi connectivity index (χ2n) is 3.44. The first-order valence-electron chi connectivity index (χ1n) is 4.61. The van der Waals surface area contributed by atoms with Crippen LogP contribution in [0.15, 0.2) is 24.3 Å². The van der Waals surface area contributed by atoms with Crippen molar-refractivity contribution in [3.63, 3.8) is 0 Å². The maximum Gasteiger partial charge on any atom is 0.269 e. The van der Waals surface area contributed by atoms with Gasteiger partial charge in [0, 0.05) is 12.7 Å². The smallest absolute Gasteiger partial charge is 0.269 e. The molecule has 0 unspecified atom stereocenters. The maximum atomic E-state index is 10.7. The fourth-order valence-corrected chi connectivity index (χ4v) is 1.91. The van der Waals surface area contributed by atoms with E-state index in [1.165, 1.54) is 0 Å². The first-order chi connectivity index (χ1) is 7.42. The number of carbonyl (C=O) groups excluding carboxylic acids is 1. The van der Waals surface area contributed by atoms with Crippen LogP contribution in [0, 0.1) is 0 Å². The third-order valence-corrected chi connectivity index (χ3v) is 2.75. The van der Waals surface area contributed by atoms with Crippen molar-refractivity contribution in [2.75, 3.05) is 18.5 Å². The Morgan fingerprint density at radius 1 is 1.44 bits per heavy atom. The number of rotatable bonds is 5. The van der Waals surface area contributed by atoms with Gasteiger partial charge in [0.1, 0.15) is 12.0 Å². The summed E-state index contributed by atoms with van der Waals surface area (Å²) in [7, 11) is -2.30. The predicted molar refractivity (Wildman–Crippen MR) is 61.0 cm³/mol. The van der Waals surface area contributed by atoms with Gasteiger partial charge in [-0.15, -0.1) is 0 Å². The Labute approximate surface area is 94.4 Å². The van der Waals surface area contributed by atoms with E-state index in [9.17, 15) is 13.2 Å². The van der Waals surface area contributed by atoms with E-state index in [1.807, 2.05) is 0 Å². The molecule has 0 spiro atoms. The Kier molecular flexibility index (Phi) is 4.03. The van der Waals surface area contributed by atoms with Gasteiger partial charge in [-0.25, -0.2) is 0 Å². The van der Waals surface area contributed by atoms with Crippen molar-refractivity contribution in [2.45, 2.75) is 5.75 Å². The topological polar surface area (TPSA) is 74.7 Å². The first kappa shape index (κ1) is 12.7. The third kappa shape index (κ3) is 4.00. The first-order valence-corrected chi connectivity index (χ1v) is 6.22. The standard InChI is InChI=1S/C10H13NO4S/c1-11(5-6-12)10-4-2-3-9(7-10)8-16(13,14)15/h2-4,6-7H,5,8H2,1H3,(H,13,14,15). The molecule has 16 heavy (non-hydrogen) atoms. The van der Waals surface area contributed by atoms with E-state index in [4.69, 9.17) is 4.55 Å². The Hall–Kier alpha value is -1.40. The van der Waals surface area contributed by atoms with Crippen LogP contribution < -0.4 is 4.90 Å². The molecule has 0 saturated carbocycles. The van der Waals surface area contributed by atoms with E-state index < -0.39 is 15.9 Å². The van der Waals surface area contributed by atoms with E-state index in [0.29, 0.717) is 5.56 Å². The van der Waals surface area contributed by atoms with E-state index >= 15 is 0 Å². The molecule has 0 heterocycles. The number of nitrogens with zero attached hydrogens (tertiary/aromatic N) is 1. The van der Waals surface area contributed by atoms with Crippen molar-refractivity contribution < 1.29 is 17.8 Å². The Morgan fingerprint density at radius 2 is 2.12 bits per heavy atom. The van der Waals surface area contributed by atoms with E-state index in [1.54, 1.807) is 36.2 Å². The van der Waals surface area contributed by atoms with Gasteiger partial charge in [-0.2, -0.15) is 8.42 Å². The molecule has 0 aliphatic heterocycles. The van der Waals surface area contributed by atoms with Gasteiger partial charge in [0.25, 0.3) is 10.1 Å².